The minimum absolute atomic E-state index is 0.950. The van der Waals surface area contributed by atoms with Crippen LogP contribution in [0.3, 0.4) is 0 Å². The lowest BCUT2D eigenvalue weighted by Gasteiger charge is -2.07. The minimum Gasteiger partial charge on any atom is -0.335 e. The van der Waals surface area contributed by atoms with Crippen LogP contribution in [0, 0.1) is 0 Å². The van der Waals surface area contributed by atoms with Crippen LogP contribution < -0.4 is 5.32 Å². The topological polar surface area (TPSA) is 29.9 Å². The Morgan fingerprint density at radius 2 is 2.06 bits per heavy atom. The Labute approximate surface area is 109 Å². The van der Waals surface area contributed by atoms with E-state index in [9.17, 15) is 0 Å². The predicted molar refractivity (Wildman–Crippen MR) is 74.4 cm³/mol. The molecule has 1 heterocycles. The van der Waals surface area contributed by atoms with Gasteiger partial charge in [-0.05, 0) is 18.5 Å². The molecule has 3 heteroatoms. The number of aryl methyl sites for hydroxylation is 2. The number of imidazole rings is 1. The van der Waals surface area contributed by atoms with Crippen LogP contribution in [-0.4, -0.2) is 16.1 Å². The largest absolute Gasteiger partial charge is 0.335 e. The van der Waals surface area contributed by atoms with Gasteiger partial charge in [-0.25, -0.2) is 4.98 Å². The fourth-order valence-corrected chi connectivity index (χ4v) is 2.06. The van der Waals surface area contributed by atoms with E-state index >= 15 is 0 Å². The lowest BCUT2D eigenvalue weighted by Crippen LogP contribution is -2.16. The summed E-state index contributed by atoms with van der Waals surface area (Å²) in [7, 11) is 0. The van der Waals surface area contributed by atoms with Crippen molar-refractivity contribution in [3.8, 4) is 0 Å². The molecule has 1 aromatic heterocycles. The molecule has 0 aliphatic carbocycles. The van der Waals surface area contributed by atoms with Crippen molar-refractivity contribution < 1.29 is 0 Å². The Kier molecular flexibility index (Phi) is 4.97. The lowest BCUT2D eigenvalue weighted by atomic mass is 10.2. The molecule has 0 saturated heterocycles. The molecule has 96 valence electrons. The van der Waals surface area contributed by atoms with Gasteiger partial charge >= 0.3 is 0 Å². The summed E-state index contributed by atoms with van der Waals surface area (Å²) in [6.45, 7) is 5.18. The van der Waals surface area contributed by atoms with Gasteiger partial charge in [0.15, 0.2) is 0 Å². The predicted octanol–water partition coefficient (Wildman–Crippen LogP) is 2.63. The van der Waals surface area contributed by atoms with Crippen molar-refractivity contribution in [1.29, 1.82) is 0 Å². The molecular formula is C15H21N3. The number of rotatable bonds is 7. The van der Waals surface area contributed by atoms with E-state index < -0.39 is 0 Å². The van der Waals surface area contributed by atoms with Crippen molar-refractivity contribution in [2.75, 3.05) is 6.54 Å². The maximum atomic E-state index is 4.32. The lowest BCUT2D eigenvalue weighted by molar-refractivity contribution is 0.567. The van der Waals surface area contributed by atoms with Gasteiger partial charge < -0.3 is 9.88 Å². The molecule has 1 N–H and O–H groups in total. The van der Waals surface area contributed by atoms with Crippen LogP contribution in [-0.2, 0) is 19.5 Å². The Morgan fingerprint density at radius 3 is 2.83 bits per heavy atom. The summed E-state index contributed by atoms with van der Waals surface area (Å²) >= 11 is 0. The van der Waals surface area contributed by atoms with E-state index in [1.807, 2.05) is 6.20 Å². The summed E-state index contributed by atoms with van der Waals surface area (Å²) in [5.41, 5.74) is 1.34. The van der Waals surface area contributed by atoms with Gasteiger partial charge in [0.25, 0.3) is 0 Å². The number of benzene rings is 1. The molecule has 0 spiro atoms. The first kappa shape index (κ1) is 12.8. The van der Waals surface area contributed by atoms with Gasteiger partial charge in [0, 0.05) is 31.9 Å². The van der Waals surface area contributed by atoms with Gasteiger partial charge in [-0.2, -0.15) is 0 Å². The van der Waals surface area contributed by atoms with Crippen molar-refractivity contribution >= 4 is 0 Å². The molecule has 3 nitrogen and oxygen atoms in total. The van der Waals surface area contributed by atoms with Crippen molar-refractivity contribution in [3.63, 3.8) is 0 Å². The Balaban J connectivity index is 1.65. The zero-order valence-corrected chi connectivity index (χ0v) is 11.0. The van der Waals surface area contributed by atoms with Crippen LogP contribution in [0.25, 0.3) is 0 Å². The quantitative estimate of drug-likeness (QED) is 0.758. The van der Waals surface area contributed by atoms with Gasteiger partial charge in [0.2, 0.25) is 0 Å². The summed E-state index contributed by atoms with van der Waals surface area (Å²) in [6.07, 6.45) is 6.09. The van der Waals surface area contributed by atoms with Crippen molar-refractivity contribution in [2.45, 2.75) is 32.9 Å². The number of hydrogen-bond donors (Lipinski definition) is 1. The molecule has 0 aliphatic rings. The molecule has 0 bridgehead atoms. The average Bonchev–Trinajstić information content (AvgIpc) is 2.87. The Hall–Kier alpha value is -1.61. The van der Waals surface area contributed by atoms with E-state index in [4.69, 9.17) is 0 Å². The van der Waals surface area contributed by atoms with Crippen molar-refractivity contribution in [3.05, 3.63) is 54.1 Å². The second kappa shape index (κ2) is 6.97. The maximum absolute atomic E-state index is 4.32. The highest BCUT2D eigenvalue weighted by Gasteiger charge is 1.99. The van der Waals surface area contributed by atoms with E-state index in [1.165, 1.54) is 11.4 Å². The third-order valence-electron chi connectivity index (χ3n) is 3.04. The van der Waals surface area contributed by atoms with Crippen LogP contribution in [0.5, 0.6) is 0 Å². The second-order valence-electron chi connectivity index (χ2n) is 4.41. The highest BCUT2D eigenvalue weighted by molar-refractivity contribution is 5.14. The van der Waals surface area contributed by atoms with Crippen LogP contribution in [0.2, 0.25) is 0 Å². The number of hydrogen-bond acceptors (Lipinski definition) is 2. The molecule has 1 aromatic carbocycles. The van der Waals surface area contributed by atoms with Crippen molar-refractivity contribution in [2.24, 2.45) is 0 Å². The van der Waals surface area contributed by atoms with Crippen LogP contribution in [0.15, 0.2) is 42.7 Å². The van der Waals surface area contributed by atoms with Crippen molar-refractivity contribution in [1.82, 2.24) is 14.9 Å². The first-order valence-corrected chi connectivity index (χ1v) is 6.65. The van der Waals surface area contributed by atoms with Crippen LogP contribution in [0.1, 0.15) is 24.7 Å². The Bertz CT molecular complexity index is 448. The highest BCUT2D eigenvalue weighted by atomic mass is 15.1. The van der Waals surface area contributed by atoms with E-state index in [0.29, 0.717) is 0 Å². The SMILES string of the molecule is CCc1nccn1CCCNCc1ccccc1. The first-order chi connectivity index (χ1) is 8.90. The third-order valence-corrected chi connectivity index (χ3v) is 3.04. The van der Waals surface area contributed by atoms with E-state index in [-0.39, 0.29) is 0 Å². The molecule has 0 saturated carbocycles. The molecule has 0 atom stereocenters. The van der Waals surface area contributed by atoms with E-state index in [1.54, 1.807) is 0 Å². The normalized spacial score (nSPS) is 10.7. The zero-order valence-electron chi connectivity index (χ0n) is 11.0. The summed E-state index contributed by atoms with van der Waals surface area (Å²) in [6, 6.07) is 10.5. The number of aromatic nitrogens is 2. The molecule has 0 unspecified atom stereocenters. The van der Waals surface area contributed by atoms with Gasteiger partial charge in [0.05, 0.1) is 0 Å². The molecular weight excluding hydrogens is 222 g/mol. The van der Waals surface area contributed by atoms with Crippen LogP contribution in [0.4, 0.5) is 0 Å². The molecule has 0 radical (unpaired) electrons. The smallest absolute Gasteiger partial charge is 0.108 e. The maximum Gasteiger partial charge on any atom is 0.108 e. The summed E-state index contributed by atoms with van der Waals surface area (Å²) in [5, 5.41) is 3.47. The highest BCUT2D eigenvalue weighted by Crippen LogP contribution is 2.00. The average molecular weight is 243 g/mol. The molecule has 0 aliphatic heterocycles. The first-order valence-electron chi connectivity index (χ1n) is 6.65. The van der Waals surface area contributed by atoms with Gasteiger partial charge in [0.1, 0.15) is 5.82 Å². The molecule has 18 heavy (non-hydrogen) atoms. The van der Waals surface area contributed by atoms with Crippen LogP contribution >= 0.6 is 0 Å². The zero-order chi connectivity index (χ0) is 12.6. The van der Waals surface area contributed by atoms with Gasteiger partial charge in [-0.15, -0.1) is 0 Å². The summed E-state index contributed by atoms with van der Waals surface area (Å²) in [5.74, 6) is 1.18. The fourth-order valence-electron chi connectivity index (χ4n) is 2.06. The van der Waals surface area contributed by atoms with E-state index in [0.717, 1.165) is 32.5 Å². The standard InChI is InChI=1S/C15H21N3/c1-2-15-17-10-12-18(15)11-6-9-16-13-14-7-4-3-5-8-14/h3-5,7-8,10,12,16H,2,6,9,11,13H2,1H3. The minimum atomic E-state index is 0.950. The molecule has 0 fully saturated rings. The van der Waals surface area contributed by atoms with E-state index in [2.05, 4.69) is 58.3 Å². The molecule has 2 aromatic rings. The van der Waals surface area contributed by atoms with Gasteiger partial charge in [-0.3, -0.25) is 0 Å². The fraction of sp³-hybridized carbons (Fsp3) is 0.400. The number of nitrogens with one attached hydrogen (secondary N) is 1. The summed E-state index contributed by atoms with van der Waals surface area (Å²) < 4.78 is 2.24. The van der Waals surface area contributed by atoms with Gasteiger partial charge in [-0.1, -0.05) is 37.3 Å². The second-order valence-corrected chi connectivity index (χ2v) is 4.41. The Morgan fingerprint density at radius 1 is 1.22 bits per heavy atom. The summed E-state index contributed by atoms with van der Waals surface area (Å²) in [4.78, 5) is 4.32. The molecule has 0 amide bonds. The molecule has 2 rings (SSSR count). The monoisotopic (exact) mass is 243 g/mol. The number of nitrogens with zero attached hydrogens (tertiary/aromatic N) is 2. The third kappa shape index (κ3) is 3.70.